The van der Waals surface area contributed by atoms with Gasteiger partial charge in [-0.2, -0.15) is 0 Å². The van der Waals surface area contributed by atoms with E-state index in [0.29, 0.717) is 13.0 Å². The van der Waals surface area contributed by atoms with Crippen LogP contribution in [0.15, 0.2) is 24.3 Å². The minimum Gasteiger partial charge on any atom is -0.340 e. The van der Waals surface area contributed by atoms with Crippen molar-refractivity contribution in [2.24, 2.45) is 5.73 Å². The lowest BCUT2D eigenvalue weighted by atomic mass is 10.1. The molecule has 1 heterocycles. The molecule has 0 aromatic heterocycles. The van der Waals surface area contributed by atoms with Crippen LogP contribution in [0.2, 0.25) is 0 Å². The lowest BCUT2D eigenvalue weighted by Gasteiger charge is -2.35. The van der Waals surface area contributed by atoms with Crippen molar-refractivity contribution in [3.63, 3.8) is 0 Å². The van der Waals surface area contributed by atoms with Crippen LogP contribution in [-0.4, -0.2) is 48.4 Å². The molecule has 0 unspecified atom stereocenters. The number of piperazine rings is 1. The van der Waals surface area contributed by atoms with Crippen molar-refractivity contribution >= 4 is 30.7 Å². The van der Waals surface area contributed by atoms with Crippen LogP contribution in [0.3, 0.4) is 0 Å². The second kappa shape index (κ2) is 10.8. The van der Waals surface area contributed by atoms with Crippen molar-refractivity contribution in [1.29, 1.82) is 0 Å². The highest BCUT2D eigenvalue weighted by Crippen LogP contribution is 2.13. The van der Waals surface area contributed by atoms with Crippen molar-refractivity contribution in [2.45, 2.75) is 26.3 Å². The Morgan fingerprint density at radius 3 is 2.36 bits per heavy atom. The second-order valence-electron chi connectivity index (χ2n) is 5.48. The molecule has 2 N–H and O–H groups in total. The van der Waals surface area contributed by atoms with E-state index < -0.39 is 0 Å². The molecule has 0 atom stereocenters. The quantitative estimate of drug-likeness (QED) is 0.888. The highest BCUT2D eigenvalue weighted by molar-refractivity contribution is 5.85. The zero-order valence-corrected chi connectivity index (χ0v) is 14.8. The molecule has 0 aliphatic carbocycles. The van der Waals surface area contributed by atoms with Gasteiger partial charge >= 0.3 is 0 Å². The van der Waals surface area contributed by atoms with Gasteiger partial charge in [-0.1, -0.05) is 24.3 Å². The number of halogens is 2. The van der Waals surface area contributed by atoms with Crippen LogP contribution in [0.1, 0.15) is 24.0 Å². The molecule has 2 rings (SSSR count). The summed E-state index contributed by atoms with van der Waals surface area (Å²) >= 11 is 0. The number of carbonyl (C=O) groups is 1. The van der Waals surface area contributed by atoms with Gasteiger partial charge in [0.25, 0.3) is 0 Å². The van der Waals surface area contributed by atoms with Gasteiger partial charge < -0.3 is 10.6 Å². The number of rotatable bonds is 5. The zero-order valence-electron chi connectivity index (χ0n) is 13.2. The van der Waals surface area contributed by atoms with E-state index in [9.17, 15) is 4.79 Å². The monoisotopic (exact) mass is 347 g/mol. The molecule has 6 heteroatoms. The van der Waals surface area contributed by atoms with Gasteiger partial charge in [0.1, 0.15) is 0 Å². The van der Waals surface area contributed by atoms with Gasteiger partial charge in [-0.25, -0.2) is 0 Å². The summed E-state index contributed by atoms with van der Waals surface area (Å²) in [5, 5.41) is 0. The fraction of sp³-hybridized carbons (Fsp3) is 0.562. The van der Waals surface area contributed by atoms with Gasteiger partial charge in [-0.05, 0) is 31.0 Å². The van der Waals surface area contributed by atoms with E-state index in [1.807, 2.05) is 4.90 Å². The summed E-state index contributed by atoms with van der Waals surface area (Å²) in [5.41, 5.74) is 8.18. The van der Waals surface area contributed by atoms with E-state index in [4.69, 9.17) is 5.73 Å². The van der Waals surface area contributed by atoms with Gasteiger partial charge in [0.05, 0.1) is 0 Å². The molecule has 0 radical (unpaired) electrons. The lowest BCUT2D eigenvalue weighted by molar-refractivity contribution is -0.133. The molecule has 1 amide bonds. The molecular formula is C16H27Cl2N3O. The van der Waals surface area contributed by atoms with Crippen molar-refractivity contribution < 1.29 is 4.79 Å². The predicted molar refractivity (Wildman–Crippen MR) is 95.8 cm³/mol. The molecule has 1 aromatic carbocycles. The molecule has 1 aromatic rings. The first-order chi connectivity index (χ1) is 9.70. The summed E-state index contributed by atoms with van der Waals surface area (Å²) in [4.78, 5) is 16.3. The zero-order chi connectivity index (χ0) is 14.4. The Balaban J connectivity index is 0.00000220. The van der Waals surface area contributed by atoms with Gasteiger partial charge in [-0.15, -0.1) is 24.8 Å². The summed E-state index contributed by atoms with van der Waals surface area (Å²) in [6.45, 7) is 7.34. The molecule has 0 spiro atoms. The average molecular weight is 348 g/mol. The highest BCUT2D eigenvalue weighted by Gasteiger charge is 2.20. The maximum Gasteiger partial charge on any atom is 0.222 e. The van der Waals surface area contributed by atoms with Crippen LogP contribution in [0.5, 0.6) is 0 Å². The molecule has 0 bridgehead atoms. The minimum absolute atomic E-state index is 0. The van der Waals surface area contributed by atoms with E-state index in [2.05, 4.69) is 36.1 Å². The largest absolute Gasteiger partial charge is 0.340 e. The summed E-state index contributed by atoms with van der Waals surface area (Å²) in [5.74, 6) is 0.256. The number of benzene rings is 1. The first kappa shape index (κ1) is 21.2. The first-order valence-corrected chi connectivity index (χ1v) is 7.45. The van der Waals surface area contributed by atoms with Gasteiger partial charge in [-0.3, -0.25) is 9.69 Å². The first-order valence-electron chi connectivity index (χ1n) is 7.45. The summed E-state index contributed by atoms with van der Waals surface area (Å²) in [7, 11) is 0. The second-order valence-corrected chi connectivity index (χ2v) is 5.48. The topological polar surface area (TPSA) is 49.6 Å². The molecule has 0 saturated carbocycles. The van der Waals surface area contributed by atoms with Crippen molar-refractivity contribution in [1.82, 2.24) is 9.80 Å². The third kappa shape index (κ3) is 6.13. The smallest absolute Gasteiger partial charge is 0.222 e. The van der Waals surface area contributed by atoms with Crippen LogP contribution in [0.25, 0.3) is 0 Å². The van der Waals surface area contributed by atoms with Crippen molar-refractivity contribution in [2.75, 3.05) is 32.7 Å². The number of amides is 1. The Hall–Kier alpha value is -0.810. The van der Waals surface area contributed by atoms with Crippen LogP contribution < -0.4 is 5.73 Å². The summed E-state index contributed by atoms with van der Waals surface area (Å²) < 4.78 is 0. The Kier molecular flexibility index (Phi) is 10.4. The minimum atomic E-state index is 0. The van der Waals surface area contributed by atoms with Crippen LogP contribution in [0, 0.1) is 6.92 Å². The van der Waals surface area contributed by atoms with E-state index in [0.717, 1.165) is 39.1 Å². The van der Waals surface area contributed by atoms with E-state index in [-0.39, 0.29) is 30.7 Å². The van der Waals surface area contributed by atoms with E-state index >= 15 is 0 Å². The Morgan fingerprint density at radius 1 is 1.14 bits per heavy atom. The SMILES string of the molecule is Cc1ccccc1CN1CCN(C(=O)CCCN)CC1.Cl.Cl. The third-order valence-electron chi connectivity index (χ3n) is 3.97. The molecule has 1 aliphatic heterocycles. The predicted octanol–water partition coefficient (Wildman–Crippen LogP) is 2.22. The van der Waals surface area contributed by atoms with Crippen molar-refractivity contribution in [3.8, 4) is 0 Å². The number of hydrogen-bond acceptors (Lipinski definition) is 3. The normalized spacial score (nSPS) is 14.9. The highest BCUT2D eigenvalue weighted by atomic mass is 35.5. The fourth-order valence-electron chi connectivity index (χ4n) is 2.60. The molecule has 1 fully saturated rings. The van der Waals surface area contributed by atoms with Gasteiger partial charge in [0.15, 0.2) is 0 Å². The molecule has 126 valence electrons. The Bertz CT molecular complexity index is 449. The average Bonchev–Trinajstić information content (AvgIpc) is 2.48. The third-order valence-corrected chi connectivity index (χ3v) is 3.97. The maximum atomic E-state index is 11.9. The standard InChI is InChI=1S/C16H25N3O.2ClH/c1-14-5-2-3-6-15(14)13-18-9-11-19(12-10-18)16(20)7-4-8-17;;/h2-3,5-6H,4,7-13,17H2,1H3;2*1H. The Morgan fingerprint density at radius 2 is 1.77 bits per heavy atom. The van der Waals surface area contributed by atoms with E-state index in [1.54, 1.807) is 0 Å². The van der Waals surface area contributed by atoms with Crippen LogP contribution in [0.4, 0.5) is 0 Å². The van der Waals surface area contributed by atoms with E-state index in [1.165, 1.54) is 11.1 Å². The molecule has 4 nitrogen and oxygen atoms in total. The van der Waals surface area contributed by atoms with Crippen molar-refractivity contribution in [3.05, 3.63) is 35.4 Å². The molecule has 22 heavy (non-hydrogen) atoms. The summed E-state index contributed by atoms with van der Waals surface area (Å²) in [6, 6.07) is 8.51. The van der Waals surface area contributed by atoms with Crippen LogP contribution >= 0.6 is 24.8 Å². The molecule has 1 aliphatic rings. The molecular weight excluding hydrogens is 321 g/mol. The number of nitrogens with two attached hydrogens (primary N) is 1. The number of nitrogens with zero attached hydrogens (tertiary/aromatic N) is 2. The maximum absolute atomic E-state index is 11.9. The Labute approximate surface area is 145 Å². The summed E-state index contributed by atoms with van der Waals surface area (Å²) in [6.07, 6.45) is 1.39. The fourth-order valence-corrected chi connectivity index (χ4v) is 2.60. The number of carbonyl (C=O) groups excluding carboxylic acids is 1. The lowest BCUT2D eigenvalue weighted by Crippen LogP contribution is -2.48. The number of hydrogen-bond donors (Lipinski definition) is 1. The molecule has 1 saturated heterocycles. The van der Waals surface area contributed by atoms with Crippen LogP contribution in [-0.2, 0) is 11.3 Å². The number of aryl methyl sites for hydroxylation is 1. The van der Waals surface area contributed by atoms with Gasteiger partial charge in [0.2, 0.25) is 5.91 Å². The van der Waals surface area contributed by atoms with Gasteiger partial charge in [0, 0.05) is 39.1 Å².